The summed E-state index contributed by atoms with van der Waals surface area (Å²) in [6.45, 7) is 0. The van der Waals surface area contributed by atoms with Gasteiger partial charge in [0.15, 0.2) is 0 Å². The molecule has 0 unspecified atom stereocenters. The molecule has 0 radical (unpaired) electrons. The van der Waals surface area contributed by atoms with Crippen LogP contribution in [0.5, 0.6) is 0 Å². The Bertz CT molecular complexity index is 769. The Balaban J connectivity index is 2.30. The first-order chi connectivity index (χ1) is 9.29. The van der Waals surface area contributed by atoms with Crippen molar-refractivity contribution in [2.75, 3.05) is 0 Å². The van der Waals surface area contributed by atoms with Gasteiger partial charge in [-0.15, -0.1) is 0 Å². The molecule has 0 saturated carbocycles. The number of benzene rings is 2. The van der Waals surface area contributed by atoms with Crippen LogP contribution in [-0.2, 0) is 6.42 Å². The zero-order chi connectivity index (χ0) is 13.2. The van der Waals surface area contributed by atoms with Crippen LogP contribution in [0.4, 0.5) is 0 Å². The quantitative estimate of drug-likeness (QED) is 0.710. The van der Waals surface area contributed by atoms with Crippen LogP contribution < -0.4 is 0 Å². The molecule has 0 aliphatic rings. The van der Waals surface area contributed by atoms with Gasteiger partial charge in [-0.3, -0.25) is 0 Å². The van der Waals surface area contributed by atoms with Crippen LogP contribution in [0.3, 0.4) is 0 Å². The zero-order valence-corrected chi connectivity index (χ0v) is 10.8. The molecule has 2 aromatic carbocycles. The van der Waals surface area contributed by atoms with Crippen molar-refractivity contribution in [3.05, 3.63) is 59.2 Å². The molecular weight excluding hydrogens is 258 g/mol. The molecule has 0 saturated heterocycles. The standard InChI is InChI=1S/C15H10ClN3/c16-11-6-7-14-13(10-11)15(8-9-17)19(18-14)12-4-2-1-3-5-12/h1-7,10H,8H2. The van der Waals surface area contributed by atoms with E-state index in [1.54, 1.807) is 0 Å². The summed E-state index contributed by atoms with van der Waals surface area (Å²) >= 11 is 6.03. The van der Waals surface area contributed by atoms with Crippen molar-refractivity contribution in [1.82, 2.24) is 9.78 Å². The maximum atomic E-state index is 9.01. The molecule has 0 aliphatic heterocycles. The minimum Gasteiger partial charge on any atom is -0.236 e. The molecular formula is C15H10ClN3. The van der Waals surface area contributed by atoms with Crippen LogP contribution in [0.2, 0.25) is 5.02 Å². The van der Waals surface area contributed by atoms with E-state index in [0.717, 1.165) is 22.3 Å². The average Bonchev–Trinajstić information content (AvgIpc) is 2.79. The second kappa shape index (κ2) is 4.75. The number of rotatable bonds is 2. The summed E-state index contributed by atoms with van der Waals surface area (Å²) in [4.78, 5) is 0. The van der Waals surface area contributed by atoms with Gasteiger partial charge in [-0.05, 0) is 30.3 Å². The SMILES string of the molecule is N#CCc1c2cc(Cl)ccc2nn1-c1ccccc1. The van der Waals surface area contributed by atoms with E-state index in [-0.39, 0.29) is 0 Å². The van der Waals surface area contributed by atoms with Crippen molar-refractivity contribution in [3.8, 4) is 11.8 Å². The summed E-state index contributed by atoms with van der Waals surface area (Å²) in [6, 6.07) is 17.5. The van der Waals surface area contributed by atoms with Gasteiger partial charge in [0.2, 0.25) is 0 Å². The van der Waals surface area contributed by atoms with Crippen LogP contribution in [0.1, 0.15) is 5.69 Å². The van der Waals surface area contributed by atoms with Crippen LogP contribution in [0, 0.1) is 11.3 Å². The second-order valence-corrected chi connectivity index (χ2v) is 4.63. The molecule has 3 nitrogen and oxygen atoms in total. The molecule has 0 spiro atoms. The van der Waals surface area contributed by atoms with Gasteiger partial charge in [0, 0.05) is 10.4 Å². The fraction of sp³-hybridized carbons (Fsp3) is 0.0667. The molecule has 3 rings (SSSR count). The lowest BCUT2D eigenvalue weighted by Gasteiger charge is -2.04. The smallest absolute Gasteiger partial charge is 0.0932 e. The number of halogens is 1. The highest BCUT2D eigenvalue weighted by molar-refractivity contribution is 6.31. The Kier molecular flexibility index (Phi) is 2.94. The van der Waals surface area contributed by atoms with Crippen molar-refractivity contribution in [1.29, 1.82) is 5.26 Å². The summed E-state index contributed by atoms with van der Waals surface area (Å²) in [6.07, 6.45) is 0.297. The Labute approximate surface area is 115 Å². The number of hydrogen-bond acceptors (Lipinski definition) is 2. The summed E-state index contributed by atoms with van der Waals surface area (Å²) in [5.41, 5.74) is 2.66. The van der Waals surface area contributed by atoms with E-state index in [1.807, 2.05) is 53.2 Å². The Morgan fingerprint density at radius 1 is 1.16 bits per heavy atom. The van der Waals surface area contributed by atoms with E-state index < -0.39 is 0 Å². The van der Waals surface area contributed by atoms with Crippen molar-refractivity contribution >= 4 is 22.5 Å². The van der Waals surface area contributed by atoms with Gasteiger partial charge in [-0.1, -0.05) is 29.8 Å². The predicted octanol–water partition coefficient (Wildman–Crippen LogP) is 3.74. The van der Waals surface area contributed by atoms with Crippen LogP contribution in [0.15, 0.2) is 48.5 Å². The largest absolute Gasteiger partial charge is 0.236 e. The zero-order valence-electron chi connectivity index (χ0n) is 10.0. The van der Waals surface area contributed by atoms with Crippen molar-refractivity contribution in [3.63, 3.8) is 0 Å². The maximum Gasteiger partial charge on any atom is 0.0932 e. The molecule has 4 heteroatoms. The van der Waals surface area contributed by atoms with E-state index in [9.17, 15) is 0 Å². The second-order valence-electron chi connectivity index (χ2n) is 4.19. The fourth-order valence-electron chi connectivity index (χ4n) is 2.14. The first-order valence-corrected chi connectivity index (χ1v) is 6.27. The van der Waals surface area contributed by atoms with Gasteiger partial charge in [0.25, 0.3) is 0 Å². The molecule has 0 bridgehead atoms. The first-order valence-electron chi connectivity index (χ1n) is 5.89. The molecule has 1 heterocycles. The van der Waals surface area contributed by atoms with E-state index >= 15 is 0 Å². The summed E-state index contributed by atoms with van der Waals surface area (Å²) in [5.74, 6) is 0. The fourth-order valence-corrected chi connectivity index (χ4v) is 2.31. The third kappa shape index (κ3) is 2.07. The number of nitriles is 1. The average molecular weight is 268 g/mol. The van der Waals surface area contributed by atoms with Gasteiger partial charge < -0.3 is 0 Å². The summed E-state index contributed by atoms with van der Waals surface area (Å²) in [7, 11) is 0. The molecule has 0 atom stereocenters. The van der Waals surface area contributed by atoms with Crippen molar-refractivity contribution in [2.45, 2.75) is 6.42 Å². The lowest BCUT2D eigenvalue weighted by atomic mass is 10.1. The summed E-state index contributed by atoms with van der Waals surface area (Å²) in [5, 5.41) is 15.1. The van der Waals surface area contributed by atoms with E-state index in [0.29, 0.717) is 11.4 Å². The number of hydrogen-bond donors (Lipinski definition) is 0. The van der Waals surface area contributed by atoms with E-state index in [2.05, 4.69) is 11.2 Å². The first kappa shape index (κ1) is 11.8. The Morgan fingerprint density at radius 2 is 1.95 bits per heavy atom. The maximum absolute atomic E-state index is 9.01. The van der Waals surface area contributed by atoms with Gasteiger partial charge in [0.1, 0.15) is 0 Å². The van der Waals surface area contributed by atoms with Crippen LogP contribution >= 0.6 is 11.6 Å². The molecule has 19 heavy (non-hydrogen) atoms. The topological polar surface area (TPSA) is 41.6 Å². The number of nitrogens with zero attached hydrogens (tertiary/aromatic N) is 3. The Morgan fingerprint density at radius 3 is 2.68 bits per heavy atom. The minimum atomic E-state index is 0.297. The van der Waals surface area contributed by atoms with E-state index in [1.165, 1.54) is 0 Å². The molecule has 92 valence electrons. The lowest BCUT2D eigenvalue weighted by molar-refractivity contribution is 0.844. The molecule has 0 aliphatic carbocycles. The third-order valence-electron chi connectivity index (χ3n) is 2.98. The van der Waals surface area contributed by atoms with Crippen molar-refractivity contribution < 1.29 is 0 Å². The lowest BCUT2D eigenvalue weighted by Crippen LogP contribution is -2.01. The van der Waals surface area contributed by atoms with Crippen molar-refractivity contribution in [2.24, 2.45) is 0 Å². The molecule has 0 amide bonds. The molecule has 0 N–H and O–H groups in total. The van der Waals surface area contributed by atoms with Gasteiger partial charge in [-0.25, -0.2) is 4.68 Å². The van der Waals surface area contributed by atoms with E-state index in [4.69, 9.17) is 16.9 Å². The molecule has 0 fully saturated rings. The number of aromatic nitrogens is 2. The highest BCUT2D eigenvalue weighted by Crippen LogP contribution is 2.25. The highest BCUT2D eigenvalue weighted by Gasteiger charge is 2.12. The van der Waals surface area contributed by atoms with Gasteiger partial charge in [-0.2, -0.15) is 10.4 Å². The minimum absolute atomic E-state index is 0.297. The Hall–Kier alpha value is -2.31. The van der Waals surface area contributed by atoms with Crippen LogP contribution in [0.25, 0.3) is 16.6 Å². The monoisotopic (exact) mass is 267 g/mol. The number of fused-ring (bicyclic) bond motifs is 1. The summed E-state index contributed by atoms with van der Waals surface area (Å²) < 4.78 is 1.81. The van der Waals surface area contributed by atoms with Crippen LogP contribution in [-0.4, -0.2) is 9.78 Å². The number of para-hydroxylation sites is 1. The van der Waals surface area contributed by atoms with Gasteiger partial charge in [0.05, 0.1) is 29.4 Å². The molecule has 1 aromatic heterocycles. The molecule has 3 aromatic rings. The third-order valence-corrected chi connectivity index (χ3v) is 3.22. The van der Waals surface area contributed by atoms with Gasteiger partial charge >= 0.3 is 0 Å². The normalized spacial score (nSPS) is 10.5. The predicted molar refractivity (Wildman–Crippen MR) is 75.4 cm³/mol. The highest BCUT2D eigenvalue weighted by atomic mass is 35.5.